The van der Waals surface area contributed by atoms with E-state index in [0.29, 0.717) is 12.2 Å². The first-order chi connectivity index (χ1) is 16.2. The van der Waals surface area contributed by atoms with Crippen molar-refractivity contribution in [1.82, 2.24) is 4.90 Å². The lowest BCUT2D eigenvalue weighted by Crippen LogP contribution is -2.27. The molecule has 1 rings (SSSR count). The third-order valence-electron chi connectivity index (χ3n) is 6.36. The summed E-state index contributed by atoms with van der Waals surface area (Å²) in [5, 5.41) is 9.30. The maximum absolute atomic E-state index is 12.0. The summed E-state index contributed by atoms with van der Waals surface area (Å²) in [6, 6.07) is 6.22. The van der Waals surface area contributed by atoms with E-state index in [0.717, 1.165) is 12.8 Å². The fourth-order valence-corrected chi connectivity index (χ4v) is 4.20. The van der Waals surface area contributed by atoms with E-state index >= 15 is 0 Å². The molecule has 190 valence electrons. The molecule has 0 radical (unpaired) electrons. The molecule has 0 saturated heterocycles. The molecule has 0 fully saturated rings. The maximum Gasteiger partial charge on any atom is 0.338 e. The van der Waals surface area contributed by atoms with Crippen molar-refractivity contribution in [3.8, 4) is 5.75 Å². The van der Waals surface area contributed by atoms with E-state index in [9.17, 15) is 9.90 Å². The Labute approximate surface area is 204 Å². The number of carbonyl (C=O) groups excluding carboxylic acids is 1. The molecule has 33 heavy (non-hydrogen) atoms. The van der Waals surface area contributed by atoms with Crippen molar-refractivity contribution in [2.75, 3.05) is 26.2 Å². The minimum Gasteiger partial charge on any atom is -0.508 e. The van der Waals surface area contributed by atoms with E-state index in [1.165, 1.54) is 122 Å². The zero-order chi connectivity index (χ0) is 24.0. The van der Waals surface area contributed by atoms with Crippen molar-refractivity contribution < 1.29 is 14.6 Å². The largest absolute Gasteiger partial charge is 0.508 e. The lowest BCUT2D eigenvalue weighted by molar-refractivity contribution is 0.0497. The molecule has 0 spiro atoms. The summed E-state index contributed by atoms with van der Waals surface area (Å²) < 4.78 is 5.35. The van der Waals surface area contributed by atoms with Gasteiger partial charge in [0.1, 0.15) is 5.75 Å². The van der Waals surface area contributed by atoms with Gasteiger partial charge in [0.25, 0.3) is 0 Å². The van der Waals surface area contributed by atoms with Crippen LogP contribution in [0.3, 0.4) is 0 Å². The summed E-state index contributed by atoms with van der Waals surface area (Å²) in [5.74, 6) is -0.146. The Bertz CT molecular complexity index is 557. The molecular formula is C29H51NO3. The molecule has 4 nitrogen and oxygen atoms in total. The van der Waals surface area contributed by atoms with E-state index in [1.54, 1.807) is 12.1 Å². The zero-order valence-electron chi connectivity index (χ0n) is 21.7. The Morgan fingerprint density at radius 3 is 1.58 bits per heavy atom. The number of unbranched alkanes of at least 4 members (excludes halogenated alkanes) is 13. The summed E-state index contributed by atoms with van der Waals surface area (Å²) in [6.07, 6.45) is 20.8. The number of hydrogen-bond donors (Lipinski definition) is 1. The number of hydrogen-bond acceptors (Lipinski definition) is 4. The minimum absolute atomic E-state index is 0.161. The van der Waals surface area contributed by atoms with Crippen molar-refractivity contribution in [3.05, 3.63) is 29.8 Å². The summed E-state index contributed by atoms with van der Waals surface area (Å²) in [7, 11) is 0. The van der Waals surface area contributed by atoms with Crippen molar-refractivity contribution in [1.29, 1.82) is 0 Å². The predicted octanol–water partition coefficient (Wildman–Crippen LogP) is 8.13. The fourth-order valence-electron chi connectivity index (χ4n) is 4.20. The van der Waals surface area contributed by atoms with Crippen LogP contribution >= 0.6 is 0 Å². The third kappa shape index (κ3) is 16.7. The second-order valence-electron chi connectivity index (χ2n) is 9.47. The monoisotopic (exact) mass is 461 g/mol. The van der Waals surface area contributed by atoms with Crippen molar-refractivity contribution in [2.45, 2.75) is 117 Å². The second kappa shape index (κ2) is 21.0. The van der Waals surface area contributed by atoms with Gasteiger partial charge in [0.05, 0.1) is 12.2 Å². The maximum atomic E-state index is 12.0. The van der Waals surface area contributed by atoms with Gasteiger partial charge in [-0.2, -0.15) is 0 Å². The number of phenolic OH excluding ortho intramolecular Hbond substituents is 1. The standard InChI is InChI=1S/C29H51NO3/c1-3-5-7-9-11-15-23-30(24-16-12-10-8-6-4-2)25-17-13-14-18-26-33-29(32)27-19-21-28(31)22-20-27/h19-22,31H,3-18,23-26H2,1-2H3. The fraction of sp³-hybridized carbons (Fsp3) is 0.759. The van der Waals surface area contributed by atoms with Gasteiger partial charge in [-0.15, -0.1) is 0 Å². The molecule has 1 aromatic carbocycles. The number of benzene rings is 1. The van der Waals surface area contributed by atoms with Gasteiger partial charge < -0.3 is 14.7 Å². The first kappa shape index (κ1) is 29.5. The number of nitrogens with zero attached hydrogens (tertiary/aromatic N) is 1. The van der Waals surface area contributed by atoms with Crippen LogP contribution in [0, 0.1) is 0 Å². The van der Waals surface area contributed by atoms with E-state index in [1.807, 2.05) is 0 Å². The van der Waals surface area contributed by atoms with Gasteiger partial charge in [0, 0.05) is 0 Å². The van der Waals surface area contributed by atoms with Gasteiger partial charge in [-0.3, -0.25) is 0 Å². The molecule has 1 aromatic rings. The molecule has 0 saturated carbocycles. The van der Waals surface area contributed by atoms with Gasteiger partial charge in [0.15, 0.2) is 0 Å². The van der Waals surface area contributed by atoms with Crippen molar-refractivity contribution >= 4 is 5.97 Å². The SMILES string of the molecule is CCCCCCCCN(CCCCCCCC)CCCCCCOC(=O)c1ccc(O)cc1. The highest BCUT2D eigenvalue weighted by Gasteiger charge is 2.07. The number of esters is 1. The molecule has 0 amide bonds. The molecule has 0 aliphatic heterocycles. The summed E-state index contributed by atoms with van der Waals surface area (Å²) in [5.41, 5.74) is 0.493. The molecule has 0 aromatic heterocycles. The minimum atomic E-state index is -0.306. The number of phenols is 1. The van der Waals surface area contributed by atoms with Crippen LogP contribution in [-0.4, -0.2) is 42.2 Å². The van der Waals surface area contributed by atoms with E-state index in [2.05, 4.69) is 18.7 Å². The summed E-state index contributed by atoms with van der Waals surface area (Å²) in [6.45, 7) is 8.75. The van der Waals surface area contributed by atoms with Gasteiger partial charge in [-0.1, -0.05) is 90.9 Å². The number of carbonyl (C=O) groups is 1. The lowest BCUT2D eigenvalue weighted by Gasteiger charge is -2.22. The predicted molar refractivity (Wildman–Crippen MR) is 140 cm³/mol. The average Bonchev–Trinajstić information content (AvgIpc) is 2.82. The zero-order valence-corrected chi connectivity index (χ0v) is 21.7. The quantitative estimate of drug-likeness (QED) is 0.140. The number of aromatic hydroxyl groups is 1. The molecule has 0 heterocycles. The summed E-state index contributed by atoms with van der Waals surface area (Å²) in [4.78, 5) is 14.7. The molecule has 4 heteroatoms. The van der Waals surface area contributed by atoms with E-state index < -0.39 is 0 Å². The summed E-state index contributed by atoms with van der Waals surface area (Å²) >= 11 is 0. The molecule has 0 unspecified atom stereocenters. The smallest absolute Gasteiger partial charge is 0.338 e. The molecule has 0 bridgehead atoms. The molecule has 0 aliphatic carbocycles. The number of rotatable bonds is 22. The highest BCUT2D eigenvalue weighted by Crippen LogP contribution is 2.12. The molecule has 0 atom stereocenters. The Kier molecular flexibility index (Phi) is 18.8. The Morgan fingerprint density at radius 2 is 1.09 bits per heavy atom. The van der Waals surface area contributed by atoms with Crippen LogP contribution < -0.4 is 0 Å². The van der Waals surface area contributed by atoms with Crippen LogP contribution in [0.15, 0.2) is 24.3 Å². The van der Waals surface area contributed by atoms with Crippen LogP contribution in [-0.2, 0) is 4.74 Å². The highest BCUT2D eigenvalue weighted by molar-refractivity contribution is 5.89. The van der Waals surface area contributed by atoms with Crippen molar-refractivity contribution in [3.63, 3.8) is 0 Å². The highest BCUT2D eigenvalue weighted by atomic mass is 16.5. The topological polar surface area (TPSA) is 49.8 Å². The van der Waals surface area contributed by atoms with E-state index in [-0.39, 0.29) is 11.7 Å². The van der Waals surface area contributed by atoms with E-state index in [4.69, 9.17) is 4.74 Å². The molecule has 0 aliphatic rings. The van der Waals surface area contributed by atoms with Gasteiger partial charge in [-0.05, 0) is 69.6 Å². The Morgan fingerprint density at radius 1 is 0.667 bits per heavy atom. The van der Waals surface area contributed by atoms with Gasteiger partial charge in [0.2, 0.25) is 0 Å². The van der Waals surface area contributed by atoms with Gasteiger partial charge in [-0.25, -0.2) is 4.79 Å². The molecule has 1 N–H and O–H groups in total. The van der Waals surface area contributed by atoms with Crippen LogP contribution in [0.25, 0.3) is 0 Å². The third-order valence-corrected chi connectivity index (χ3v) is 6.36. The first-order valence-electron chi connectivity index (χ1n) is 13.9. The second-order valence-corrected chi connectivity index (χ2v) is 9.47. The number of ether oxygens (including phenoxy) is 1. The Balaban J connectivity index is 2.15. The molecular weight excluding hydrogens is 410 g/mol. The van der Waals surface area contributed by atoms with Crippen LogP contribution in [0.2, 0.25) is 0 Å². The van der Waals surface area contributed by atoms with Gasteiger partial charge >= 0.3 is 5.97 Å². The van der Waals surface area contributed by atoms with Crippen LogP contribution in [0.5, 0.6) is 5.75 Å². The normalized spacial score (nSPS) is 11.2. The Hall–Kier alpha value is -1.55. The lowest BCUT2D eigenvalue weighted by atomic mass is 10.1. The average molecular weight is 462 g/mol. The van der Waals surface area contributed by atoms with Crippen LogP contribution in [0.1, 0.15) is 127 Å². The van der Waals surface area contributed by atoms with Crippen molar-refractivity contribution in [2.24, 2.45) is 0 Å². The van der Waals surface area contributed by atoms with Crippen LogP contribution in [0.4, 0.5) is 0 Å². The first-order valence-corrected chi connectivity index (χ1v) is 13.9.